The van der Waals surface area contributed by atoms with E-state index in [9.17, 15) is 5.11 Å². The molecule has 3 N–H and O–H groups in total. The lowest BCUT2D eigenvalue weighted by Gasteiger charge is -2.12. The van der Waals surface area contributed by atoms with E-state index in [0.717, 1.165) is 0 Å². The highest BCUT2D eigenvalue weighted by molar-refractivity contribution is 6.36. The fourth-order valence-corrected chi connectivity index (χ4v) is 2.30. The molecule has 0 aliphatic carbocycles. The lowest BCUT2D eigenvalue weighted by atomic mass is 10.0. The van der Waals surface area contributed by atoms with E-state index in [1.807, 2.05) is 0 Å². The summed E-state index contributed by atoms with van der Waals surface area (Å²) >= 11 is 12.1. The molecule has 0 saturated heterocycles. The number of nitrogens with two attached hydrogens (primary N) is 1. The van der Waals surface area contributed by atoms with Crippen molar-refractivity contribution in [3.05, 3.63) is 45.6 Å². The lowest BCUT2D eigenvalue weighted by molar-refractivity contribution is 0.179. The number of anilines is 1. The third-order valence-corrected chi connectivity index (χ3v) is 3.54. The van der Waals surface area contributed by atoms with Crippen molar-refractivity contribution in [1.82, 2.24) is 9.78 Å². The topological polar surface area (TPSA) is 64.1 Å². The predicted octanol–water partition coefficient (Wildman–Crippen LogP) is 2.59. The number of rotatable bonds is 3. The van der Waals surface area contributed by atoms with Crippen LogP contribution in [0.3, 0.4) is 0 Å². The van der Waals surface area contributed by atoms with Gasteiger partial charge in [0.1, 0.15) is 5.82 Å². The number of halogens is 2. The standard InChI is InChI=1S/C12H13Cl2N3O/c1-17-12(15)8(6-16-17)11(18)5-7-9(13)3-2-4-10(7)14/h2-4,6,11,18H,5,15H2,1H3. The first-order valence-corrected chi connectivity index (χ1v) is 6.14. The van der Waals surface area contributed by atoms with Gasteiger partial charge >= 0.3 is 0 Å². The first-order valence-electron chi connectivity index (χ1n) is 5.39. The number of hydrogen-bond acceptors (Lipinski definition) is 3. The summed E-state index contributed by atoms with van der Waals surface area (Å²) in [6.45, 7) is 0. The minimum absolute atomic E-state index is 0.300. The van der Waals surface area contributed by atoms with Gasteiger partial charge in [-0.2, -0.15) is 5.10 Å². The van der Waals surface area contributed by atoms with Crippen LogP contribution >= 0.6 is 23.2 Å². The average molecular weight is 286 g/mol. The number of nitrogen functional groups attached to an aromatic ring is 1. The SMILES string of the molecule is Cn1ncc(C(O)Cc2c(Cl)cccc2Cl)c1N. The van der Waals surface area contributed by atoms with Crippen LogP contribution in [0.2, 0.25) is 10.0 Å². The third-order valence-electron chi connectivity index (χ3n) is 2.83. The van der Waals surface area contributed by atoms with E-state index in [1.54, 1.807) is 31.4 Å². The molecule has 0 bridgehead atoms. The van der Waals surface area contributed by atoms with Crippen LogP contribution in [0.1, 0.15) is 17.2 Å². The molecule has 1 unspecified atom stereocenters. The fraction of sp³-hybridized carbons (Fsp3) is 0.250. The van der Waals surface area contributed by atoms with E-state index >= 15 is 0 Å². The van der Waals surface area contributed by atoms with Crippen molar-refractivity contribution < 1.29 is 5.11 Å². The summed E-state index contributed by atoms with van der Waals surface area (Å²) < 4.78 is 1.51. The zero-order chi connectivity index (χ0) is 13.3. The summed E-state index contributed by atoms with van der Waals surface area (Å²) in [6, 6.07) is 5.24. The monoisotopic (exact) mass is 285 g/mol. The molecule has 0 radical (unpaired) electrons. The molecule has 0 fully saturated rings. The molecule has 0 amide bonds. The molecular formula is C12H13Cl2N3O. The summed E-state index contributed by atoms with van der Waals surface area (Å²) in [4.78, 5) is 0. The van der Waals surface area contributed by atoms with Crippen molar-refractivity contribution in [2.24, 2.45) is 7.05 Å². The molecule has 1 heterocycles. The second-order valence-electron chi connectivity index (χ2n) is 4.03. The molecule has 0 aliphatic heterocycles. The smallest absolute Gasteiger partial charge is 0.127 e. The largest absolute Gasteiger partial charge is 0.388 e. The lowest BCUT2D eigenvalue weighted by Crippen LogP contribution is -2.06. The highest BCUT2D eigenvalue weighted by Gasteiger charge is 2.18. The number of aryl methyl sites for hydroxylation is 1. The van der Waals surface area contributed by atoms with Gasteiger partial charge < -0.3 is 10.8 Å². The molecule has 96 valence electrons. The summed E-state index contributed by atoms with van der Waals surface area (Å²) in [6.07, 6.45) is 1.06. The molecule has 0 aliphatic rings. The minimum atomic E-state index is -0.781. The molecular weight excluding hydrogens is 273 g/mol. The van der Waals surface area contributed by atoms with Gasteiger partial charge in [0.25, 0.3) is 0 Å². The molecule has 2 rings (SSSR count). The number of hydrogen-bond donors (Lipinski definition) is 2. The molecule has 18 heavy (non-hydrogen) atoms. The highest BCUT2D eigenvalue weighted by atomic mass is 35.5. The van der Waals surface area contributed by atoms with Crippen LogP contribution in [-0.2, 0) is 13.5 Å². The second kappa shape index (κ2) is 5.18. The van der Waals surface area contributed by atoms with Crippen LogP contribution in [-0.4, -0.2) is 14.9 Å². The summed E-state index contributed by atoms with van der Waals surface area (Å²) in [5.41, 5.74) is 7.09. The number of aliphatic hydroxyl groups is 1. The maximum Gasteiger partial charge on any atom is 0.127 e. The fourth-order valence-electron chi connectivity index (χ4n) is 1.75. The van der Waals surface area contributed by atoms with Crippen LogP contribution < -0.4 is 5.73 Å². The molecule has 2 aromatic rings. The Morgan fingerprint density at radius 3 is 2.50 bits per heavy atom. The van der Waals surface area contributed by atoms with Crippen molar-refractivity contribution in [3.8, 4) is 0 Å². The van der Waals surface area contributed by atoms with E-state index in [-0.39, 0.29) is 0 Å². The molecule has 0 saturated carbocycles. The van der Waals surface area contributed by atoms with Crippen molar-refractivity contribution in [3.63, 3.8) is 0 Å². The quantitative estimate of drug-likeness (QED) is 0.911. The van der Waals surface area contributed by atoms with Gasteiger partial charge in [-0.3, -0.25) is 4.68 Å². The molecule has 0 spiro atoms. The van der Waals surface area contributed by atoms with Crippen molar-refractivity contribution in [1.29, 1.82) is 0 Å². The van der Waals surface area contributed by atoms with Gasteiger partial charge in [-0.05, 0) is 17.7 Å². The van der Waals surface area contributed by atoms with Gasteiger partial charge in [0.15, 0.2) is 0 Å². The van der Waals surface area contributed by atoms with Crippen LogP contribution in [0.15, 0.2) is 24.4 Å². The predicted molar refractivity (Wildman–Crippen MR) is 72.7 cm³/mol. The molecule has 1 aromatic heterocycles. The summed E-state index contributed by atoms with van der Waals surface area (Å²) in [7, 11) is 1.72. The Balaban J connectivity index is 2.27. The maximum atomic E-state index is 10.2. The first kappa shape index (κ1) is 13.2. The Bertz CT molecular complexity index is 548. The zero-order valence-corrected chi connectivity index (χ0v) is 11.3. The molecule has 1 aromatic carbocycles. The van der Waals surface area contributed by atoms with Crippen molar-refractivity contribution >= 4 is 29.0 Å². The van der Waals surface area contributed by atoms with Gasteiger partial charge in [0, 0.05) is 29.1 Å². The molecule has 1 atom stereocenters. The first-order chi connectivity index (χ1) is 8.50. The van der Waals surface area contributed by atoms with Gasteiger partial charge in [-0.15, -0.1) is 0 Å². The van der Waals surface area contributed by atoms with E-state index in [2.05, 4.69) is 5.10 Å². The summed E-state index contributed by atoms with van der Waals surface area (Å²) in [5.74, 6) is 0.436. The average Bonchev–Trinajstić information content (AvgIpc) is 2.65. The van der Waals surface area contributed by atoms with Crippen LogP contribution in [0.4, 0.5) is 5.82 Å². The van der Waals surface area contributed by atoms with Gasteiger partial charge in [0.05, 0.1) is 12.3 Å². The molecule has 6 heteroatoms. The van der Waals surface area contributed by atoms with Crippen molar-refractivity contribution in [2.75, 3.05) is 5.73 Å². The van der Waals surface area contributed by atoms with Gasteiger partial charge in [0.2, 0.25) is 0 Å². The molecule has 4 nitrogen and oxygen atoms in total. The second-order valence-corrected chi connectivity index (χ2v) is 4.84. The van der Waals surface area contributed by atoms with Gasteiger partial charge in [-0.1, -0.05) is 29.3 Å². The zero-order valence-electron chi connectivity index (χ0n) is 9.77. The Morgan fingerprint density at radius 2 is 2.00 bits per heavy atom. The Morgan fingerprint density at radius 1 is 1.39 bits per heavy atom. The van der Waals surface area contributed by atoms with Crippen LogP contribution in [0.25, 0.3) is 0 Å². The van der Waals surface area contributed by atoms with E-state index in [1.165, 1.54) is 4.68 Å². The number of aliphatic hydroxyl groups excluding tert-OH is 1. The Labute approximate surface area is 115 Å². The van der Waals surface area contributed by atoms with Crippen molar-refractivity contribution in [2.45, 2.75) is 12.5 Å². The third kappa shape index (κ3) is 2.46. The number of nitrogens with zero attached hydrogens (tertiary/aromatic N) is 2. The van der Waals surface area contributed by atoms with E-state index in [0.29, 0.717) is 33.4 Å². The Kier molecular flexibility index (Phi) is 3.80. The number of benzene rings is 1. The van der Waals surface area contributed by atoms with E-state index < -0.39 is 6.10 Å². The van der Waals surface area contributed by atoms with E-state index in [4.69, 9.17) is 28.9 Å². The number of aromatic nitrogens is 2. The maximum absolute atomic E-state index is 10.2. The van der Waals surface area contributed by atoms with Crippen LogP contribution in [0, 0.1) is 0 Å². The normalized spacial score (nSPS) is 12.7. The minimum Gasteiger partial charge on any atom is -0.388 e. The highest BCUT2D eigenvalue weighted by Crippen LogP contribution is 2.30. The summed E-state index contributed by atoms with van der Waals surface area (Å²) in [5, 5.41) is 15.2. The van der Waals surface area contributed by atoms with Gasteiger partial charge in [-0.25, -0.2) is 0 Å². The van der Waals surface area contributed by atoms with Crippen LogP contribution in [0.5, 0.6) is 0 Å². The Hall–Kier alpha value is -1.23.